The molecule has 0 radical (unpaired) electrons. The van der Waals surface area contributed by atoms with E-state index >= 15 is 0 Å². The maximum atomic E-state index is 5.09. The Morgan fingerprint density at radius 1 is 1.40 bits per heavy atom. The second-order valence-electron chi connectivity index (χ2n) is 5.99. The van der Waals surface area contributed by atoms with Crippen molar-refractivity contribution in [1.29, 1.82) is 0 Å². The summed E-state index contributed by atoms with van der Waals surface area (Å²) in [6.07, 6.45) is 2.78. The van der Waals surface area contributed by atoms with Gasteiger partial charge in [-0.15, -0.1) is 0 Å². The summed E-state index contributed by atoms with van der Waals surface area (Å²) in [6.45, 7) is 7.07. The van der Waals surface area contributed by atoms with E-state index in [0.29, 0.717) is 6.04 Å². The Morgan fingerprint density at radius 3 is 2.80 bits per heavy atom. The Hall–Kier alpha value is -1.06. The Balaban J connectivity index is 2.05. The van der Waals surface area contributed by atoms with Gasteiger partial charge in [-0.2, -0.15) is 0 Å². The first-order valence-corrected chi connectivity index (χ1v) is 7.65. The Bertz CT molecular complexity index is 429. The van der Waals surface area contributed by atoms with Gasteiger partial charge in [0.2, 0.25) is 0 Å². The third-order valence-corrected chi connectivity index (χ3v) is 4.33. The predicted molar refractivity (Wildman–Crippen MR) is 85.4 cm³/mol. The summed E-state index contributed by atoms with van der Waals surface area (Å²) in [6, 6.07) is 7.41. The van der Waals surface area contributed by atoms with Crippen molar-refractivity contribution in [3.05, 3.63) is 29.3 Å². The molecule has 1 aliphatic carbocycles. The highest BCUT2D eigenvalue weighted by molar-refractivity contribution is 5.55. The van der Waals surface area contributed by atoms with E-state index in [4.69, 9.17) is 4.74 Å². The molecule has 0 saturated heterocycles. The monoisotopic (exact) mass is 276 g/mol. The van der Waals surface area contributed by atoms with Crippen LogP contribution >= 0.6 is 0 Å². The number of anilines is 1. The van der Waals surface area contributed by atoms with Gasteiger partial charge in [-0.25, -0.2) is 0 Å². The topological polar surface area (TPSA) is 24.5 Å². The lowest BCUT2D eigenvalue weighted by Crippen LogP contribution is -2.32. The molecule has 1 N–H and O–H groups in total. The zero-order chi connectivity index (χ0) is 14.5. The molecule has 2 rings (SSSR count). The average Bonchev–Trinajstić information content (AvgIpc) is 3.27. The molecular formula is C17H28N2O. The van der Waals surface area contributed by atoms with E-state index in [0.717, 1.165) is 25.6 Å². The predicted octanol–water partition coefficient (Wildman–Crippen LogP) is 2.97. The highest BCUT2D eigenvalue weighted by atomic mass is 16.5. The maximum absolute atomic E-state index is 5.09. The summed E-state index contributed by atoms with van der Waals surface area (Å²) in [5.74, 6) is 0.885. The third kappa shape index (κ3) is 3.97. The summed E-state index contributed by atoms with van der Waals surface area (Å²) >= 11 is 0. The van der Waals surface area contributed by atoms with Crippen molar-refractivity contribution in [2.45, 2.75) is 39.3 Å². The summed E-state index contributed by atoms with van der Waals surface area (Å²) < 4.78 is 5.09. The van der Waals surface area contributed by atoms with E-state index in [1.165, 1.54) is 29.7 Å². The Labute approximate surface area is 123 Å². The molecule has 0 heterocycles. The molecule has 3 nitrogen and oxygen atoms in total. The Kier molecular flexibility index (Phi) is 5.44. The zero-order valence-corrected chi connectivity index (χ0v) is 13.3. The molecule has 1 aromatic rings. The number of rotatable bonds is 8. The molecular weight excluding hydrogens is 248 g/mol. The van der Waals surface area contributed by atoms with Crippen molar-refractivity contribution in [2.24, 2.45) is 5.92 Å². The first-order valence-electron chi connectivity index (χ1n) is 7.65. The van der Waals surface area contributed by atoms with Crippen LogP contribution in [0.3, 0.4) is 0 Å². The number of nitrogens with one attached hydrogen (secondary N) is 1. The Morgan fingerprint density at radius 2 is 2.15 bits per heavy atom. The van der Waals surface area contributed by atoms with Crippen LogP contribution in [0.15, 0.2) is 18.2 Å². The normalized spacial score (nSPS) is 16.2. The molecule has 0 spiro atoms. The highest BCUT2D eigenvalue weighted by Gasteiger charge is 2.31. The lowest BCUT2D eigenvalue weighted by atomic mass is 10.1. The number of nitrogens with zero attached hydrogens (tertiary/aromatic N) is 1. The van der Waals surface area contributed by atoms with Gasteiger partial charge in [-0.1, -0.05) is 17.7 Å². The standard InChI is InChI=1S/C17H28N2O/c1-13-5-8-17(19(3)14(2)15-6-7-15)16(11-13)12-18-9-10-20-4/h5,8,11,14-15,18H,6-7,9-10,12H2,1-4H3. The summed E-state index contributed by atoms with van der Waals surface area (Å²) in [5, 5.41) is 3.46. The van der Waals surface area contributed by atoms with Crippen LogP contribution in [0.25, 0.3) is 0 Å². The molecule has 1 aliphatic rings. The van der Waals surface area contributed by atoms with E-state index < -0.39 is 0 Å². The second kappa shape index (κ2) is 7.09. The van der Waals surface area contributed by atoms with Gasteiger partial charge in [0, 0.05) is 39.0 Å². The lowest BCUT2D eigenvalue weighted by Gasteiger charge is -2.29. The number of hydrogen-bond donors (Lipinski definition) is 1. The molecule has 1 unspecified atom stereocenters. The molecule has 0 aliphatic heterocycles. The fourth-order valence-electron chi connectivity index (χ4n) is 2.71. The van der Waals surface area contributed by atoms with Crippen molar-refractivity contribution in [3.8, 4) is 0 Å². The maximum Gasteiger partial charge on any atom is 0.0587 e. The molecule has 3 heteroatoms. The van der Waals surface area contributed by atoms with Gasteiger partial charge >= 0.3 is 0 Å². The van der Waals surface area contributed by atoms with Crippen molar-refractivity contribution in [3.63, 3.8) is 0 Å². The second-order valence-corrected chi connectivity index (χ2v) is 5.99. The number of benzene rings is 1. The van der Waals surface area contributed by atoms with Gasteiger partial charge in [0.15, 0.2) is 0 Å². The van der Waals surface area contributed by atoms with Gasteiger partial charge in [-0.3, -0.25) is 0 Å². The van der Waals surface area contributed by atoms with Gasteiger partial charge in [-0.05, 0) is 44.2 Å². The SMILES string of the molecule is COCCNCc1cc(C)ccc1N(C)C(C)C1CC1. The molecule has 112 valence electrons. The molecule has 1 fully saturated rings. The van der Waals surface area contributed by atoms with Gasteiger partial charge < -0.3 is 15.0 Å². The summed E-state index contributed by atoms with van der Waals surface area (Å²) in [5.41, 5.74) is 4.07. The number of hydrogen-bond acceptors (Lipinski definition) is 3. The zero-order valence-electron chi connectivity index (χ0n) is 13.3. The summed E-state index contributed by atoms with van der Waals surface area (Å²) in [7, 11) is 3.97. The minimum atomic E-state index is 0.635. The van der Waals surface area contributed by atoms with E-state index in [1.807, 2.05) is 0 Å². The molecule has 1 aromatic carbocycles. The first kappa shape index (κ1) is 15.3. The van der Waals surface area contributed by atoms with Crippen LogP contribution in [-0.4, -0.2) is 33.4 Å². The smallest absolute Gasteiger partial charge is 0.0587 e. The van der Waals surface area contributed by atoms with Crippen LogP contribution in [0.4, 0.5) is 5.69 Å². The molecule has 0 aromatic heterocycles. The van der Waals surface area contributed by atoms with Gasteiger partial charge in [0.1, 0.15) is 0 Å². The molecule has 0 amide bonds. The van der Waals surface area contributed by atoms with Crippen LogP contribution in [0.5, 0.6) is 0 Å². The summed E-state index contributed by atoms with van der Waals surface area (Å²) in [4.78, 5) is 2.45. The minimum absolute atomic E-state index is 0.635. The first-order chi connectivity index (χ1) is 9.63. The van der Waals surface area contributed by atoms with E-state index in [2.05, 4.69) is 49.3 Å². The van der Waals surface area contributed by atoms with Crippen LogP contribution < -0.4 is 10.2 Å². The van der Waals surface area contributed by atoms with Crippen LogP contribution in [0.2, 0.25) is 0 Å². The highest BCUT2D eigenvalue weighted by Crippen LogP contribution is 2.37. The van der Waals surface area contributed by atoms with E-state index in [9.17, 15) is 0 Å². The van der Waals surface area contributed by atoms with Crippen LogP contribution in [-0.2, 0) is 11.3 Å². The van der Waals surface area contributed by atoms with E-state index in [1.54, 1.807) is 7.11 Å². The van der Waals surface area contributed by atoms with Crippen LogP contribution in [0.1, 0.15) is 30.9 Å². The average molecular weight is 276 g/mol. The third-order valence-electron chi connectivity index (χ3n) is 4.33. The largest absolute Gasteiger partial charge is 0.383 e. The fourth-order valence-corrected chi connectivity index (χ4v) is 2.71. The van der Waals surface area contributed by atoms with Crippen molar-refractivity contribution in [2.75, 3.05) is 32.2 Å². The minimum Gasteiger partial charge on any atom is -0.383 e. The quantitative estimate of drug-likeness (QED) is 0.739. The van der Waals surface area contributed by atoms with Crippen molar-refractivity contribution >= 4 is 5.69 Å². The van der Waals surface area contributed by atoms with Crippen molar-refractivity contribution in [1.82, 2.24) is 5.32 Å². The molecule has 20 heavy (non-hydrogen) atoms. The molecule has 1 saturated carbocycles. The fraction of sp³-hybridized carbons (Fsp3) is 0.647. The molecule has 1 atom stereocenters. The van der Waals surface area contributed by atoms with Crippen LogP contribution in [0, 0.1) is 12.8 Å². The number of aryl methyl sites for hydroxylation is 1. The number of methoxy groups -OCH3 is 1. The van der Waals surface area contributed by atoms with Gasteiger partial charge in [0.05, 0.1) is 6.61 Å². The van der Waals surface area contributed by atoms with E-state index in [-0.39, 0.29) is 0 Å². The molecule has 0 bridgehead atoms. The number of ether oxygens (including phenoxy) is 1. The van der Waals surface area contributed by atoms with Gasteiger partial charge in [0.25, 0.3) is 0 Å². The van der Waals surface area contributed by atoms with Crippen molar-refractivity contribution < 1.29 is 4.74 Å². The lowest BCUT2D eigenvalue weighted by molar-refractivity contribution is 0.199.